The van der Waals surface area contributed by atoms with Crippen LogP contribution in [0.2, 0.25) is 0 Å². The lowest BCUT2D eigenvalue weighted by Crippen LogP contribution is -2.23. The Kier molecular flexibility index (Phi) is 5.34. The number of aromatic nitrogens is 1. The first kappa shape index (κ1) is 15.5. The Labute approximate surface area is 127 Å². The van der Waals surface area contributed by atoms with Crippen molar-refractivity contribution in [2.24, 2.45) is 0 Å². The number of hydrogen-bond acceptors (Lipinski definition) is 3. The summed E-state index contributed by atoms with van der Waals surface area (Å²) in [6, 6.07) is 14.5. The van der Waals surface area contributed by atoms with Gasteiger partial charge in [-0.05, 0) is 57.1 Å². The number of nitrogens with one attached hydrogen (secondary N) is 1. The second-order valence-electron chi connectivity index (χ2n) is 5.43. The molecule has 0 aliphatic carbocycles. The standard InChI is InChI=1S/C18H24N2O/c1-5-19-18(17-11-6-8-14(4)20-17)15-9-7-10-16(12-15)21-13(2)3/h6-13,18-19H,5H2,1-4H3. The number of aryl methyl sites for hydroxylation is 1. The average molecular weight is 284 g/mol. The average Bonchev–Trinajstić information content (AvgIpc) is 2.44. The van der Waals surface area contributed by atoms with Crippen molar-refractivity contribution < 1.29 is 4.74 Å². The molecular weight excluding hydrogens is 260 g/mol. The van der Waals surface area contributed by atoms with Crippen LogP contribution in [0.25, 0.3) is 0 Å². The molecule has 0 aliphatic heterocycles. The first-order valence-electron chi connectivity index (χ1n) is 7.53. The Morgan fingerprint density at radius 2 is 1.90 bits per heavy atom. The Bertz CT molecular complexity index is 581. The molecule has 2 aromatic rings. The highest BCUT2D eigenvalue weighted by molar-refractivity contribution is 5.35. The normalized spacial score (nSPS) is 12.4. The lowest BCUT2D eigenvalue weighted by molar-refractivity contribution is 0.242. The molecule has 0 saturated heterocycles. The van der Waals surface area contributed by atoms with Crippen molar-refractivity contribution in [2.75, 3.05) is 6.54 Å². The minimum Gasteiger partial charge on any atom is -0.491 e. The van der Waals surface area contributed by atoms with Gasteiger partial charge in [0.15, 0.2) is 0 Å². The quantitative estimate of drug-likeness (QED) is 0.874. The molecule has 0 amide bonds. The Morgan fingerprint density at radius 3 is 2.57 bits per heavy atom. The van der Waals surface area contributed by atoms with E-state index in [2.05, 4.69) is 41.5 Å². The smallest absolute Gasteiger partial charge is 0.120 e. The van der Waals surface area contributed by atoms with Crippen molar-refractivity contribution >= 4 is 0 Å². The highest BCUT2D eigenvalue weighted by Gasteiger charge is 2.15. The van der Waals surface area contributed by atoms with E-state index >= 15 is 0 Å². The second-order valence-corrected chi connectivity index (χ2v) is 5.43. The van der Waals surface area contributed by atoms with Crippen LogP contribution in [-0.4, -0.2) is 17.6 Å². The van der Waals surface area contributed by atoms with Gasteiger partial charge in [-0.1, -0.05) is 25.1 Å². The fourth-order valence-electron chi connectivity index (χ4n) is 2.36. The van der Waals surface area contributed by atoms with Gasteiger partial charge in [0.05, 0.1) is 17.8 Å². The SMILES string of the molecule is CCNC(c1cccc(OC(C)C)c1)c1cccc(C)n1. The van der Waals surface area contributed by atoms with Gasteiger partial charge >= 0.3 is 0 Å². The van der Waals surface area contributed by atoms with Crippen LogP contribution >= 0.6 is 0 Å². The van der Waals surface area contributed by atoms with Crippen LogP contribution in [-0.2, 0) is 0 Å². The number of rotatable bonds is 6. The first-order chi connectivity index (χ1) is 10.1. The van der Waals surface area contributed by atoms with Crippen LogP contribution in [0.3, 0.4) is 0 Å². The lowest BCUT2D eigenvalue weighted by atomic mass is 10.0. The predicted octanol–water partition coefficient (Wildman–Crippen LogP) is 3.88. The molecule has 3 heteroatoms. The molecule has 0 fully saturated rings. The molecule has 21 heavy (non-hydrogen) atoms. The summed E-state index contributed by atoms with van der Waals surface area (Å²) in [5.41, 5.74) is 3.25. The summed E-state index contributed by atoms with van der Waals surface area (Å²) in [4.78, 5) is 4.66. The minimum absolute atomic E-state index is 0.0885. The molecular formula is C18H24N2O. The van der Waals surface area contributed by atoms with Gasteiger partial charge in [-0.15, -0.1) is 0 Å². The molecule has 0 radical (unpaired) electrons. The van der Waals surface area contributed by atoms with Crippen LogP contribution in [0.5, 0.6) is 5.75 Å². The van der Waals surface area contributed by atoms with E-state index in [0.29, 0.717) is 0 Å². The zero-order chi connectivity index (χ0) is 15.2. The second kappa shape index (κ2) is 7.23. The summed E-state index contributed by atoms with van der Waals surface area (Å²) in [5, 5.41) is 3.50. The zero-order valence-corrected chi connectivity index (χ0v) is 13.3. The molecule has 1 N–H and O–H groups in total. The van der Waals surface area contributed by atoms with Crippen LogP contribution in [0.4, 0.5) is 0 Å². The monoisotopic (exact) mass is 284 g/mol. The molecule has 3 nitrogen and oxygen atoms in total. The molecule has 0 aliphatic rings. The molecule has 2 rings (SSSR count). The van der Waals surface area contributed by atoms with E-state index in [1.807, 2.05) is 39.0 Å². The van der Waals surface area contributed by atoms with Gasteiger partial charge in [0.2, 0.25) is 0 Å². The van der Waals surface area contributed by atoms with E-state index < -0.39 is 0 Å². The van der Waals surface area contributed by atoms with Crippen molar-refractivity contribution in [1.29, 1.82) is 0 Å². The summed E-state index contributed by atoms with van der Waals surface area (Å²) in [7, 11) is 0. The molecule has 1 atom stereocenters. The van der Waals surface area contributed by atoms with Crippen molar-refractivity contribution in [3.05, 3.63) is 59.4 Å². The lowest BCUT2D eigenvalue weighted by Gasteiger charge is -2.19. The van der Waals surface area contributed by atoms with E-state index in [1.54, 1.807) is 0 Å². The maximum atomic E-state index is 5.79. The van der Waals surface area contributed by atoms with E-state index in [1.165, 1.54) is 5.56 Å². The fourth-order valence-corrected chi connectivity index (χ4v) is 2.36. The Morgan fingerprint density at radius 1 is 1.14 bits per heavy atom. The number of pyridine rings is 1. The fraction of sp³-hybridized carbons (Fsp3) is 0.389. The summed E-state index contributed by atoms with van der Waals surface area (Å²) in [6.45, 7) is 9.09. The van der Waals surface area contributed by atoms with E-state index in [0.717, 1.165) is 23.7 Å². The van der Waals surface area contributed by atoms with E-state index in [4.69, 9.17) is 4.74 Å². The third-order valence-corrected chi connectivity index (χ3v) is 3.18. The number of nitrogens with zero attached hydrogens (tertiary/aromatic N) is 1. The van der Waals surface area contributed by atoms with Crippen LogP contribution in [0.1, 0.15) is 43.8 Å². The first-order valence-corrected chi connectivity index (χ1v) is 7.53. The summed E-state index contributed by atoms with van der Waals surface area (Å²) >= 11 is 0. The molecule has 0 saturated carbocycles. The van der Waals surface area contributed by atoms with Gasteiger partial charge in [-0.25, -0.2) is 0 Å². The van der Waals surface area contributed by atoms with Crippen molar-refractivity contribution in [3.63, 3.8) is 0 Å². The molecule has 1 aromatic carbocycles. The third kappa shape index (κ3) is 4.30. The number of hydrogen-bond donors (Lipinski definition) is 1. The number of ether oxygens (including phenoxy) is 1. The molecule has 1 heterocycles. The molecule has 112 valence electrons. The maximum Gasteiger partial charge on any atom is 0.120 e. The van der Waals surface area contributed by atoms with Gasteiger partial charge in [-0.2, -0.15) is 0 Å². The highest BCUT2D eigenvalue weighted by Crippen LogP contribution is 2.24. The molecule has 1 unspecified atom stereocenters. The van der Waals surface area contributed by atoms with Crippen LogP contribution in [0.15, 0.2) is 42.5 Å². The zero-order valence-electron chi connectivity index (χ0n) is 13.3. The van der Waals surface area contributed by atoms with Gasteiger partial charge in [-0.3, -0.25) is 4.98 Å². The van der Waals surface area contributed by atoms with Gasteiger partial charge in [0.25, 0.3) is 0 Å². The molecule has 0 bridgehead atoms. The number of benzene rings is 1. The summed E-state index contributed by atoms with van der Waals surface area (Å²) < 4.78 is 5.79. The maximum absolute atomic E-state index is 5.79. The minimum atomic E-state index is 0.0885. The van der Waals surface area contributed by atoms with Crippen molar-refractivity contribution in [3.8, 4) is 5.75 Å². The van der Waals surface area contributed by atoms with E-state index in [-0.39, 0.29) is 12.1 Å². The highest BCUT2D eigenvalue weighted by atomic mass is 16.5. The summed E-state index contributed by atoms with van der Waals surface area (Å²) in [6.07, 6.45) is 0.176. The largest absolute Gasteiger partial charge is 0.491 e. The Balaban J connectivity index is 2.34. The van der Waals surface area contributed by atoms with E-state index in [9.17, 15) is 0 Å². The van der Waals surface area contributed by atoms with Crippen LogP contribution < -0.4 is 10.1 Å². The molecule has 1 aromatic heterocycles. The van der Waals surface area contributed by atoms with Gasteiger partial charge in [0.1, 0.15) is 5.75 Å². The van der Waals surface area contributed by atoms with Gasteiger partial charge in [0, 0.05) is 5.69 Å². The van der Waals surface area contributed by atoms with Crippen molar-refractivity contribution in [2.45, 2.75) is 39.8 Å². The van der Waals surface area contributed by atoms with Crippen molar-refractivity contribution in [1.82, 2.24) is 10.3 Å². The third-order valence-electron chi connectivity index (χ3n) is 3.18. The predicted molar refractivity (Wildman–Crippen MR) is 86.7 cm³/mol. The molecule has 0 spiro atoms. The van der Waals surface area contributed by atoms with Gasteiger partial charge < -0.3 is 10.1 Å². The summed E-state index contributed by atoms with van der Waals surface area (Å²) in [5.74, 6) is 0.901. The topological polar surface area (TPSA) is 34.1 Å². The Hall–Kier alpha value is -1.87. The van der Waals surface area contributed by atoms with Crippen LogP contribution in [0, 0.1) is 6.92 Å².